The minimum atomic E-state index is -1.49. The van der Waals surface area contributed by atoms with Gasteiger partial charge in [-0.3, -0.25) is 0 Å². The minimum absolute atomic E-state index is 0.0595. The molecule has 1 saturated heterocycles. The first-order chi connectivity index (χ1) is 11.3. The molecule has 24 heavy (non-hydrogen) atoms. The number of terminal acetylenes is 1. The number of carbonyl (C=O) groups is 2. The summed E-state index contributed by atoms with van der Waals surface area (Å²) in [6, 6.07) is 0. The number of methoxy groups -OCH3 is 2. The van der Waals surface area contributed by atoms with Crippen LogP contribution < -0.4 is 0 Å². The third kappa shape index (κ3) is 3.94. The normalized spacial score (nSPS) is 32.5. The van der Waals surface area contributed by atoms with Crippen molar-refractivity contribution in [1.82, 2.24) is 0 Å². The Morgan fingerprint density at radius 3 is 1.96 bits per heavy atom. The van der Waals surface area contributed by atoms with Crippen molar-refractivity contribution in [1.29, 1.82) is 0 Å². The lowest BCUT2D eigenvalue weighted by Gasteiger charge is -2.50. The van der Waals surface area contributed by atoms with Crippen molar-refractivity contribution in [2.45, 2.75) is 37.6 Å². The first-order valence-corrected chi connectivity index (χ1v) is 7.12. The maximum atomic E-state index is 12.2. The Kier molecular flexibility index (Phi) is 6.93. The summed E-state index contributed by atoms with van der Waals surface area (Å²) in [5, 5.41) is 0. The molecule has 0 radical (unpaired) electrons. The van der Waals surface area contributed by atoms with E-state index in [1.165, 1.54) is 34.1 Å². The van der Waals surface area contributed by atoms with Crippen molar-refractivity contribution in [3.8, 4) is 12.3 Å². The van der Waals surface area contributed by atoms with Crippen molar-refractivity contribution in [3.05, 3.63) is 12.7 Å². The van der Waals surface area contributed by atoms with E-state index >= 15 is 0 Å². The van der Waals surface area contributed by atoms with Gasteiger partial charge >= 0.3 is 11.9 Å². The molecule has 0 saturated carbocycles. The molecular weight excluding hydrogens is 320 g/mol. The molecule has 1 aliphatic rings. The molecule has 1 rings (SSSR count). The van der Waals surface area contributed by atoms with Gasteiger partial charge in [0, 0.05) is 14.2 Å². The summed E-state index contributed by atoms with van der Waals surface area (Å²) in [7, 11) is 2.70. The van der Waals surface area contributed by atoms with E-state index in [0.29, 0.717) is 0 Å². The van der Waals surface area contributed by atoms with E-state index in [4.69, 9.17) is 34.8 Å². The average Bonchev–Trinajstić information content (AvgIpc) is 2.59. The smallest absolute Gasteiger partial charge is 0.339 e. The van der Waals surface area contributed by atoms with Gasteiger partial charge in [0.1, 0.15) is 6.61 Å². The molecule has 0 aromatic heterocycles. The first-order valence-electron chi connectivity index (χ1n) is 7.12. The number of rotatable bonds is 7. The fourth-order valence-electron chi connectivity index (χ4n) is 2.05. The van der Waals surface area contributed by atoms with E-state index in [0.717, 1.165) is 0 Å². The molecule has 0 aromatic rings. The largest absolute Gasteiger partial charge is 0.459 e. The molecule has 8 nitrogen and oxygen atoms in total. The molecule has 0 bridgehead atoms. The summed E-state index contributed by atoms with van der Waals surface area (Å²) < 4.78 is 31.7. The Hall–Kier alpha value is -1.92. The van der Waals surface area contributed by atoms with Crippen LogP contribution in [-0.4, -0.2) is 63.2 Å². The lowest BCUT2D eigenvalue weighted by Crippen LogP contribution is -2.68. The van der Waals surface area contributed by atoms with Crippen molar-refractivity contribution in [2.24, 2.45) is 0 Å². The number of hydrogen-bond donors (Lipinski definition) is 0. The van der Waals surface area contributed by atoms with Gasteiger partial charge in [-0.15, -0.1) is 6.42 Å². The van der Waals surface area contributed by atoms with Crippen LogP contribution in [-0.2, 0) is 38.0 Å². The van der Waals surface area contributed by atoms with Gasteiger partial charge < -0.3 is 28.4 Å². The minimum Gasteiger partial charge on any atom is -0.459 e. The number of ether oxygens (including phenoxy) is 6. The molecule has 8 heteroatoms. The van der Waals surface area contributed by atoms with E-state index < -0.39 is 35.7 Å². The molecule has 1 fully saturated rings. The Morgan fingerprint density at radius 1 is 1.12 bits per heavy atom. The van der Waals surface area contributed by atoms with Gasteiger partial charge in [0.05, 0.1) is 0 Å². The van der Waals surface area contributed by atoms with Crippen LogP contribution in [0.25, 0.3) is 0 Å². The topological polar surface area (TPSA) is 89.5 Å². The molecule has 0 amide bonds. The lowest BCUT2D eigenvalue weighted by molar-refractivity contribution is -0.439. The molecule has 0 spiro atoms. The highest BCUT2D eigenvalue weighted by atomic mass is 16.8. The van der Waals surface area contributed by atoms with Crippen LogP contribution >= 0.6 is 0 Å². The molecule has 134 valence electrons. The molecule has 4 unspecified atom stereocenters. The van der Waals surface area contributed by atoms with Gasteiger partial charge in [-0.1, -0.05) is 18.6 Å². The van der Waals surface area contributed by atoms with Crippen molar-refractivity contribution in [2.75, 3.05) is 27.4 Å². The Bertz CT molecular complexity index is 525. The van der Waals surface area contributed by atoms with Crippen LogP contribution in [0.5, 0.6) is 0 Å². The second-order valence-electron chi connectivity index (χ2n) is 5.11. The highest BCUT2D eigenvalue weighted by molar-refractivity contribution is 5.86. The summed E-state index contributed by atoms with van der Waals surface area (Å²) in [6.45, 7) is 6.12. The second kappa shape index (κ2) is 8.26. The first kappa shape index (κ1) is 20.1. The Morgan fingerprint density at radius 2 is 1.58 bits per heavy atom. The van der Waals surface area contributed by atoms with Crippen molar-refractivity contribution < 1.29 is 38.0 Å². The van der Waals surface area contributed by atoms with Gasteiger partial charge in [-0.2, -0.15) is 0 Å². The van der Waals surface area contributed by atoms with Gasteiger partial charge in [-0.05, 0) is 13.8 Å². The lowest BCUT2D eigenvalue weighted by atomic mass is 10.0. The van der Waals surface area contributed by atoms with Gasteiger partial charge in [0.25, 0.3) is 0 Å². The zero-order valence-electron chi connectivity index (χ0n) is 14.2. The van der Waals surface area contributed by atoms with Crippen LogP contribution in [0.15, 0.2) is 12.7 Å². The molecule has 1 heterocycles. The number of esters is 2. The Balaban J connectivity index is 3.14. The van der Waals surface area contributed by atoms with Crippen molar-refractivity contribution in [3.63, 3.8) is 0 Å². The maximum absolute atomic E-state index is 12.2. The van der Waals surface area contributed by atoms with E-state index in [9.17, 15) is 9.59 Å². The summed E-state index contributed by atoms with van der Waals surface area (Å²) in [4.78, 5) is 24.4. The standard InChI is InChI=1S/C16H22O8/c1-7-9-21-13(17)11-12(14(18)22-10-8-2)24-16(4,20-6)15(3,19-5)23-11/h1,8,11-12H,2,9-10H2,3-6H3. The fraction of sp³-hybridized carbons (Fsp3) is 0.625. The molecular formula is C16H22O8. The second-order valence-corrected chi connectivity index (χ2v) is 5.11. The fourth-order valence-corrected chi connectivity index (χ4v) is 2.05. The maximum Gasteiger partial charge on any atom is 0.339 e. The zero-order chi connectivity index (χ0) is 18.4. The van der Waals surface area contributed by atoms with Gasteiger partial charge in [0.15, 0.2) is 18.8 Å². The van der Waals surface area contributed by atoms with Crippen LogP contribution in [0.3, 0.4) is 0 Å². The summed E-state index contributed by atoms with van der Waals surface area (Å²) >= 11 is 0. The average molecular weight is 342 g/mol. The molecule has 0 N–H and O–H groups in total. The van der Waals surface area contributed by atoms with E-state index in [1.807, 2.05) is 0 Å². The SMILES string of the molecule is C#CCOC(=O)C1OC(C)(OC)C(C)(OC)OC1C(=O)OCC=C. The molecule has 0 aromatic carbocycles. The monoisotopic (exact) mass is 342 g/mol. The Labute approximate surface area is 141 Å². The predicted octanol–water partition coefficient (Wildman–Crippen LogP) is 0.401. The zero-order valence-corrected chi connectivity index (χ0v) is 14.2. The van der Waals surface area contributed by atoms with E-state index in [1.54, 1.807) is 0 Å². The predicted molar refractivity (Wildman–Crippen MR) is 81.5 cm³/mol. The quantitative estimate of drug-likeness (QED) is 0.373. The van der Waals surface area contributed by atoms with Gasteiger partial charge in [-0.25, -0.2) is 9.59 Å². The summed E-state index contributed by atoms with van der Waals surface area (Å²) in [6.07, 6.45) is 3.57. The third-order valence-electron chi connectivity index (χ3n) is 3.69. The highest BCUT2D eigenvalue weighted by Crippen LogP contribution is 2.39. The number of hydrogen-bond acceptors (Lipinski definition) is 8. The van der Waals surface area contributed by atoms with Crippen LogP contribution in [0.4, 0.5) is 0 Å². The third-order valence-corrected chi connectivity index (χ3v) is 3.69. The van der Waals surface area contributed by atoms with Crippen LogP contribution in [0.1, 0.15) is 13.8 Å². The van der Waals surface area contributed by atoms with Crippen LogP contribution in [0.2, 0.25) is 0 Å². The van der Waals surface area contributed by atoms with E-state index in [-0.39, 0.29) is 13.2 Å². The van der Waals surface area contributed by atoms with Crippen molar-refractivity contribution >= 4 is 11.9 Å². The van der Waals surface area contributed by atoms with Crippen LogP contribution in [0, 0.1) is 12.3 Å². The summed E-state index contributed by atoms with van der Waals surface area (Å²) in [5.74, 6) is -2.53. The van der Waals surface area contributed by atoms with E-state index in [2.05, 4.69) is 12.5 Å². The molecule has 4 atom stereocenters. The molecule has 1 aliphatic heterocycles. The highest BCUT2D eigenvalue weighted by Gasteiger charge is 2.60. The number of carbonyl (C=O) groups excluding carboxylic acids is 2. The molecule has 0 aliphatic carbocycles. The van der Waals surface area contributed by atoms with Gasteiger partial charge in [0.2, 0.25) is 11.6 Å². The summed E-state index contributed by atoms with van der Waals surface area (Å²) in [5.41, 5.74) is 0.